The summed E-state index contributed by atoms with van der Waals surface area (Å²) in [4.78, 5) is 21.8. The summed E-state index contributed by atoms with van der Waals surface area (Å²) < 4.78 is 14.9. The summed E-state index contributed by atoms with van der Waals surface area (Å²) in [5.74, 6) is -2.42. The van der Waals surface area contributed by atoms with Crippen LogP contribution in [-0.4, -0.2) is 34.8 Å². The molecule has 0 unspecified atom stereocenters. The summed E-state index contributed by atoms with van der Waals surface area (Å²) in [5.41, 5.74) is 0. The van der Waals surface area contributed by atoms with E-state index in [1.54, 1.807) is 0 Å². The van der Waals surface area contributed by atoms with Crippen molar-refractivity contribution in [2.45, 2.75) is 26.1 Å². The number of hydrogen-bond acceptors (Lipinski definition) is 5. The van der Waals surface area contributed by atoms with Gasteiger partial charge in [-0.3, -0.25) is 9.59 Å². The highest BCUT2D eigenvalue weighted by atomic mass is 28.2. The Morgan fingerprint density at radius 3 is 2.07 bits per heavy atom. The van der Waals surface area contributed by atoms with Gasteiger partial charge in [-0.2, -0.15) is 0 Å². The zero-order chi connectivity index (χ0) is 11.9. The maximum absolute atomic E-state index is 10.9. The quantitative estimate of drug-likeness (QED) is 0.272. The van der Waals surface area contributed by atoms with E-state index in [4.69, 9.17) is 13.9 Å². The number of rotatable bonds is 6. The van der Waals surface area contributed by atoms with Crippen LogP contribution in [0.4, 0.5) is 0 Å². The van der Waals surface area contributed by atoms with Crippen LogP contribution in [0.1, 0.15) is 20.3 Å². The molecule has 0 heterocycles. The summed E-state index contributed by atoms with van der Waals surface area (Å²) in [5, 5.41) is 0. The van der Waals surface area contributed by atoms with Gasteiger partial charge < -0.3 is 13.9 Å². The minimum Gasteiger partial charge on any atom is -0.420 e. The van der Waals surface area contributed by atoms with Crippen molar-refractivity contribution in [1.29, 1.82) is 0 Å². The van der Waals surface area contributed by atoms with Crippen molar-refractivity contribution in [3.05, 3.63) is 12.7 Å². The molecule has 15 heavy (non-hydrogen) atoms. The molecular formula is C9H16O5Si. The molecule has 0 rings (SSSR count). The predicted octanol–water partition coefficient (Wildman–Crippen LogP) is -0.318. The maximum Gasteiger partial charge on any atom is 0.306 e. The smallest absolute Gasteiger partial charge is 0.306 e. The molecule has 0 aliphatic rings. The van der Waals surface area contributed by atoms with E-state index in [2.05, 4.69) is 6.58 Å². The van der Waals surface area contributed by atoms with Gasteiger partial charge in [0.15, 0.2) is 0 Å². The minimum atomic E-state index is -1.36. The third-order valence-electron chi connectivity index (χ3n) is 1.48. The van der Waals surface area contributed by atoms with Gasteiger partial charge in [0.25, 0.3) is 5.79 Å². The van der Waals surface area contributed by atoms with E-state index in [1.165, 1.54) is 19.9 Å². The van der Waals surface area contributed by atoms with E-state index in [-0.39, 0.29) is 13.0 Å². The topological polar surface area (TPSA) is 61.8 Å². The Morgan fingerprint density at radius 2 is 1.80 bits per heavy atom. The van der Waals surface area contributed by atoms with Crippen molar-refractivity contribution in [3.63, 3.8) is 0 Å². The van der Waals surface area contributed by atoms with Crippen LogP contribution in [0.15, 0.2) is 12.7 Å². The van der Waals surface area contributed by atoms with Gasteiger partial charge in [0.1, 0.15) is 17.1 Å². The van der Waals surface area contributed by atoms with Gasteiger partial charge in [-0.05, 0) is 0 Å². The van der Waals surface area contributed by atoms with E-state index in [1.807, 2.05) is 0 Å². The highest BCUT2D eigenvalue weighted by Gasteiger charge is 2.35. The van der Waals surface area contributed by atoms with E-state index in [0.29, 0.717) is 10.5 Å². The van der Waals surface area contributed by atoms with Crippen LogP contribution in [-0.2, 0) is 23.5 Å². The van der Waals surface area contributed by atoms with E-state index in [9.17, 15) is 9.59 Å². The van der Waals surface area contributed by atoms with Crippen LogP contribution in [0.5, 0.6) is 0 Å². The van der Waals surface area contributed by atoms with Gasteiger partial charge in [0.2, 0.25) is 0 Å². The van der Waals surface area contributed by atoms with Crippen LogP contribution in [0.2, 0.25) is 0 Å². The fourth-order valence-electron chi connectivity index (χ4n) is 1.19. The lowest BCUT2D eigenvalue weighted by Crippen LogP contribution is -2.43. The fourth-order valence-corrected chi connectivity index (χ4v) is 1.63. The molecule has 0 aliphatic heterocycles. The molecule has 0 aromatic heterocycles. The molecule has 6 heteroatoms. The zero-order valence-corrected chi connectivity index (χ0v) is 11.2. The molecule has 5 nitrogen and oxygen atoms in total. The molecule has 0 aliphatic carbocycles. The van der Waals surface area contributed by atoms with Gasteiger partial charge in [-0.15, -0.1) is 6.58 Å². The van der Waals surface area contributed by atoms with Crippen LogP contribution in [0, 0.1) is 0 Å². The Bertz CT molecular complexity index is 235. The molecule has 0 amide bonds. The summed E-state index contributed by atoms with van der Waals surface area (Å²) in [7, 11) is 0.461. The number of esters is 2. The molecule has 0 fully saturated rings. The second-order valence-electron chi connectivity index (χ2n) is 3.02. The third kappa shape index (κ3) is 5.33. The molecule has 0 aromatic carbocycles. The lowest BCUT2D eigenvalue weighted by molar-refractivity contribution is -0.233. The molecular weight excluding hydrogens is 216 g/mol. The highest BCUT2D eigenvalue weighted by Crippen LogP contribution is 2.20. The standard InChI is InChI=1S/C9H16O5Si/c1-4-5-9(6-12-15,13-7(2)10)14-8(3)11/h4H,1,5-6H2,2-3,15H3. The van der Waals surface area contributed by atoms with E-state index >= 15 is 0 Å². The first-order valence-electron chi connectivity index (χ1n) is 4.45. The average molecular weight is 232 g/mol. The Labute approximate surface area is 91.9 Å². The molecule has 0 atom stereocenters. The fraction of sp³-hybridized carbons (Fsp3) is 0.556. The molecule has 0 bridgehead atoms. The maximum atomic E-state index is 10.9. The van der Waals surface area contributed by atoms with Crippen molar-refractivity contribution < 1.29 is 23.5 Å². The average Bonchev–Trinajstić information content (AvgIpc) is 2.01. The van der Waals surface area contributed by atoms with Crippen molar-refractivity contribution in [2.24, 2.45) is 0 Å². The predicted molar refractivity (Wildman–Crippen MR) is 57.0 cm³/mol. The molecule has 86 valence electrons. The van der Waals surface area contributed by atoms with E-state index < -0.39 is 17.7 Å². The zero-order valence-electron chi connectivity index (χ0n) is 9.24. The van der Waals surface area contributed by atoms with Crippen LogP contribution >= 0.6 is 0 Å². The first kappa shape index (κ1) is 13.9. The van der Waals surface area contributed by atoms with Crippen LogP contribution in [0.3, 0.4) is 0 Å². The summed E-state index contributed by atoms with van der Waals surface area (Å²) in [6.45, 7) is 6.04. The molecule has 0 N–H and O–H groups in total. The molecule has 0 radical (unpaired) electrons. The third-order valence-corrected chi connectivity index (χ3v) is 1.77. The highest BCUT2D eigenvalue weighted by molar-refractivity contribution is 5.98. The Morgan fingerprint density at radius 1 is 1.33 bits per heavy atom. The van der Waals surface area contributed by atoms with Gasteiger partial charge in [0.05, 0.1) is 0 Å². The number of carbonyl (C=O) groups is 2. The number of hydrogen-bond donors (Lipinski definition) is 0. The number of carbonyl (C=O) groups excluding carboxylic acids is 2. The van der Waals surface area contributed by atoms with Crippen molar-refractivity contribution in [2.75, 3.05) is 6.61 Å². The Kier molecular flexibility index (Phi) is 5.88. The van der Waals surface area contributed by atoms with Gasteiger partial charge >= 0.3 is 11.9 Å². The molecule has 0 aromatic rings. The van der Waals surface area contributed by atoms with Crippen molar-refractivity contribution >= 4 is 22.4 Å². The first-order chi connectivity index (χ1) is 6.95. The normalized spacial score (nSPS) is 10.8. The van der Waals surface area contributed by atoms with Crippen LogP contribution in [0.25, 0.3) is 0 Å². The minimum absolute atomic E-state index is 0.0321. The number of ether oxygens (including phenoxy) is 2. The molecule has 0 saturated carbocycles. The lowest BCUT2D eigenvalue weighted by atomic mass is 10.2. The second-order valence-corrected chi connectivity index (χ2v) is 3.60. The summed E-state index contributed by atoms with van der Waals surface area (Å²) in [6, 6.07) is 0. The van der Waals surface area contributed by atoms with Gasteiger partial charge in [0, 0.05) is 20.3 Å². The summed E-state index contributed by atoms with van der Waals surface area (Å²) in [6.07, 6.45) is 1.71. The summed E-state index contributed by atoms with van der Waals surface area (Å²) >= 11 is 0. The first-order valence-corrected chi connectivity index (χ1v) is 5.26. The van der Waals surface area contributed by atoms with Crippen molar-refractivity contribution in [3.8, 4) is 0 Å². The van der Waals surface area contributed by atoms with Crippen LogP contribution < -0.4 is 0 Å². The van der Waals surface area contributed by atoms with E-state index in [0.717, 1.165) is 0 Å². The molecule has 0 spiro atoms. The Balaban J connectivity index is 4.77. The van der Waals surface area contributed by atoms with Crippen molar-refractivity contribution in [1.82, 2.24) is 0 Å². The second kappa shape index (κ2) is 6.36. The van der Waals surface area contributed by atoms with Gasteiger partial charge in [-0.1, -0.05) is 6.08 Å². The molecule has 0 saturated heterocycles. The monoisotopic (exact) mass is 232 g/mol. The largest absolute Gasteiger partial charge is 0.420 e. The SMILES string of the molecule is C=CCC(CO[SiH3])(OC(C)=O)OC(C)=O. The Hall–Kier alpha value is -1.14. The van der Waals surface area contributed by atoms with Gasteiger partial charge in [-0.25, -0.2) is 0 Å². The lowest BCUT2D eigenvalue weighted by Gasteiger charge is -2.30.